The van der Waals surface area contributed by atoms with Gasteiger partial charge in [-0.3, -0.25) is 0 Å². The lowest BCUT2D eigenvalue weighted by molar-refractivity contribution is 0.462. The van der Waals surface area contributed by atoms with Crippen molar-refractivity contribution >= 4 is 11.0 Å². The highest BCUT2D eigenvalue weighted by molar-refractivity contribution is 5.80. The second kappa shape index (κ2) is 3.63. The van der Waals surface area contributed by atoms with Gasteiger partial charge in [0.15, 0.2) is 0 Å². The molecule has 16 heavy (non-hydrogen) atoms. The van der Waals surface area contributed by atoms with Gasteiger partial charge >= 0.3 is 0 Å². The summed E-state index contributed by atoms with van der Waals surface area (Å²) >= 11 is 0. The molecule has 1 aliphatic rings. The fraction of sp³-hybridized carbons (Fsp3) is 0.429. The van der Waals surface area contributed by atoms with Crippen molar-refractivity contribution in [1.29, 1.82) is 0 Å². The summed E-state index contributed by atoms with van der Waals surface area (Å²) in [7, 11) is 0. The molecule has 1 aromatic carbocycles. The zero-order valence-electron chi connectivity index (χ0n) is 9.57. The standard InChI is InChI=1S/C14H17NO/c1-9-3-2-4-11-8-13(16-14(9)11)12(15)7-10-5-6-10/h2-4,8,10,12H,5-7,15H2,1H3/t12-/m0/s1. The van der Waals surface area contributed by atoms with Gasteiger partial charge in [-0.05, 0) is 30.9 Å². The highest BCUT2D eigenvalue weighted by atomic mass is 16.3. The molecule has 1 saturated carbocycles. The Morgan fingerprint density at radius 3 is 2.94 bits per heavy atom. The molecule has 1 aliphatic carbocycles. The van der Waals surface area contributed by atoms with Crippen LogP contribution in [0.1, 0.15) is 36.6 Å². The number of furan rings is 1. The van der Waals surface area contributed by atoms with E-state index in [-0.39, 0.29) is 6.04 Å². The van der Waals surface area contributed by atoms with Gasteiger partial charge in [-0.2, -0.15) is 0 Å². The maximum Gasteiger partial charge on any atom is 0.137 e. The van der Waals surface area contributed by atoms with Crippen molar-refractivity contribution in [3.05, 3.63) is 35.6 Å². The molecule has 0 saturated heterocycles. The lowest BCUT2D eigenvalue weighted by Crippen LogP contribution is -2.09. The molecule has 0 radical (unpaired) electrons. The molecule has 1 fully saturated rings. The van der Waals surface area contributed by atoms with E-state index in [0.29, 0.717) is 0 Å². The van der Waals surface area contributed by atoms with Crippen LogP contribution in [0.15, 0.2) is 28.7 Å². The first-order chi connectivity index (χ1) is 7.74. The normalized spacial score (nSPS) is 17.9. The Bertz CT molecular complexity index is 510. The van der Waals surface area contributed by atoms with Crippen LogP contribution in [0.5, 0.6) is 0 Å². The van der Waals surface area contributed by atoms with Crippen molar-refractivity contribution in [3.63, 3.8) is 0 Å². The first-order valence-electron chi connectivity index (χ1n) is 5.98. The molecule has 1 atom stereocenters. The number of fused-ring (bicyclic) bond motifs is 1. The Kier molecular flexibility index (Phi) is 2.25. The van der Waals surface area contributed by atoms with E-state index in [0.717, 1.165) is 23.7 Å². The van der Waals surface area contributed by atoms with Gasteiger partial charge in [0.2, 0.25) is 0 Å². The molecule has 3 rings (SSSR count). The first kappa shape index (κ1) is 9.91. The van der Waals surface area contributed by atoms with Crippen LogP contribution in [-0.4, -0.2) is 0 Å². The van der Waals surface area contributed by atoms with E-state index >= 15 is 0 Å². The van der Waals surface area contributed by atoms with Crippen LogP contribution in [0.2, 0.25) is 0 Å². The number of benzene rings is 1. The fourth-order valence-electron chi connectivity index (χ4n) is 2.24. The maximum atomic E-state index is 6.16. The van der Waals surface area contributed by atoms with Gasteiger partial charge in [-0.15, -0.1) is 0 Å². The molecule has 1 heterocycles. The highest BCUT2D eigenvalue weighted by Crippen LogP contribution is 2.37. The van der Waals surface area contributed by atoms with Crippen molar-refractivity contribution in [2.75, 3.05) is 0 Å². The second-order valence-electron chi connectivity index (χ2n) is 4.93. The molecule has 2 heteroatoms. The van der Waals surface area contributed by atoms with E-state index in [2.05, 4.69) is 31.2 Å². The third-order valence-electron chi connectivity index (χ3n) is 3.41. The molecule has 2 nitrogen and oxygen atoms in total. The van der Waals surface area contributed by atoms with Gasteiger partial charge < -0.3 is 10.2 Å². The highest BCUT2D eigenvalue weighted by Gasteiger charge is 2.26. The van der Waals surface area contributed by atoms with Crippen molar-refractivity contribution in [2.24, 2.45) is 11.7 Å². The van der Waals surface area contributed by atoms with E-state index in [4.69, 9.17) is 10.2 Å². The molecular weight excluding hydrogens is 198 g/mol. The molecule has 2 N–H and O–H groups in total. The van der Waals surface area contributed by atoms with Crippen LogP contribution >= 0.6 is 0 Å². The van der Waals surface area contributed by atoms with Crippen LogP contribution in [0, 0.1) is 12.8 Å². The van der Waals surface area contributed by atoms with E-state index in [1.165, 1.54) is 23.8 Å². The van der Waals surface area contributed by atoms with Gasteiger partial charge in [0.05, 0.1) is 6.04 Å². The number of rotatable bonds is 3. The average molecular weight is 215 g/mol. The monoisotopic (exact) mass is 215 g/mol. The minimum absolute atomic E-state index is 0.0688. The predicted octanol–water partition coefficient (Wildman–Crippen LogP) is 3.54. The Morgan fingerprint density at radius 2 is 2.25 bits per heavy atom. The Balaban J connectivity index is 1.94. The Morgan fingerprint density at radius 1 is 1.44 bits per heavy atom. The quantitative estimate of drug-likeness (QED) is 0.850. The minimum atomic E-state index is 0.0688. The lowest BCUT2D eigenvalue weighted by Gasteiger charge is -2.06. The van der Waals surface area contributed by atoms with Gasteiger partial charge in [-0.1, -0.05) is 31.0 Å². The van der Waals surface area contributed by atoms with Crippen LogP contribution in [0.3, 0.4) is 0 Å². The molecule has 0 amide bonds. The summed E-state index contributed by atoms with van der Waals surface area (Å²) in [6.45, 7) is 2.07. The lowest BCUT2D eigenvalue weighted by atomic mass is 10.1. The zero-order valence-corrected chi connectivity index (χ0v) is 9.57. The summed E-state index contributed by atoms with van der Waals surface area (Å²) in [5.74, 6) is 1.78. The smallest absolute Gasteiger partial charge is 0.137 e. The van der Waals surface area contributed by atoms with Gasteiger partial charge in [0.1, 0.15) is 11.3 Å². The van der Waals surface area contributed by atoms with E-state index in [9.17, 15) is 0 Å². The van der Waals surface area contributed by atoms with Crippen LogP contribution in [-0.2, 0) is 0 Å². The molecule has 0 aliphatic heterocycles. The predicted molar refractivity (Wildman–Crippen MR) is 65.2 cm³/mol. The van der Waals surface area contributed by atoms with E-state index < -0.39 is 0 Å². The molecule has 2 aromatic rings. The summed E-state index contributed by atoms with van der Waals surface area (Å²) in [4.78, 5) is 0. The van der Waals surface area contributed by atoms with Crippen molar-refractivity contribution in [2.45, 2.75) is 32.2 Å². The number of hydrogen-bond donors (Lipinski definition) is 1. The van der Waals surface area contributed by atoms with Gasteiger partial charge in [0, 0.05) is 5.39 Å². The largest absolute Gasteiger partial charge is 0.459 e. The summed E-state index contributed by atoms with van der Waals surface area (Å²) in [5, 5.41) is 1.17. The van der Waals surface area contributed by atoms with Crippen molar-refractivity contribution in [3.8, 4) is 0 Å². The van der Waals surface area contributed by atoms with Crippen LogP contribution in [0.25, 0.3) is 11.0 Å². The number of aryl methyl sites for hydroxylation is 1. The van der Waals surface area contributed by atoms with Crippen molar-refractivity contribution < 1.29 is 4.42 Å². The minimum Gasteiger partial charge on any atom is -0.459 e. The maximum absolute atomic E-state index is 6.16. The molecule has 84 valence electrons. The Hall–Kier alpha value is -1.28. The topological polar surface area (TPSA) is 39.2 Å². The van der Waals surface area contributed by atoms with Crippen molar-refractivity contribution in [1.82, 2.24) is 0 Å². The fourth-order valence-corrected chi connectivity index (χ4v) is 2.24. The van der Waals surface area contributed by atoms with Crippen LogP contribution in [0.4, 0.5) is 0 Å². The number of hydrogen-bond acceptors (Lipinski definition) is 2. The molecule has 1 aromatic heterocycles. The van der Waals surface area contributed by atoms with Crippen LogP contribution < -0.4 is 5.73 Å². The third-order valence-corrected chi connectivity index (χ3v) is 3.41. The summed E-state index contributed by atoms with van der Waals surface area (Å²) in [6.07, 6.45) is 3.75. The zero-order chi connectivity index (χ0) is 11.1. The summed E-state index contributed by atoms with van der Waals surface area (Å²) < 4.78 is 5.86. The molecule has 0 spiro atoms. The van der Waals surface area contributed by atoms with Gasteiger partial charge in [0.25, 0.3) is 0 Å². The first-order valence-corrected chi connectivity index (χ1v) is 5.98. The van der Waals surface area contributed by atoms with E-state index in [1.54, 1.807) is 0 Å². The molecule has 0 bridgehead atoms. The second-order valence-corrected chi connectivity index (χ2v) is 4.93. The third kappa shape index (κ3) is 1.74. The number of nitrogens with two attached hydrogens (primary N) is 1. The van der Waals surface area contributed by atoms with Gasteiger partial charge in [-0.25, -0.2) is 0 Å². The summed E-state index contributed by atoms with van der Waals surface area (Å²) in [5.41, 5.74) is 8.33. The number of para-hydroxylation sites is 1. The molecule has 0 unspecified atom stereocenters. The average Bonchev–Trinajstić information content (AvgIpc) is 2.95. The molecular formula is C14H17NO. The van der Waals surface area contributed by atoms with E-state index in [1.807, 2.05) is 0 Å². The Labute approximate surface area is 95.4 Å². The SMILES string of the molecule is Cc1cccc2cc([C@@H](N)CC3CC3)oc12. The summed E-state index contributed by atoms with van der Waals surface area (Å²) in [6, 6.07) is 8.37.